The van der Waals surface area contributed by atoms with Crippen LogP contribution in [0.15, 0.2) is 0 Å². The minimum absolute atomic E-state index is 0. The van der Waals surface area contributed by atoms with Crippen LogP contribution in [0.2, 0.25) is 0 Å². The maximum atomic E-state index is 3.32. The Kier molecular flexibility index (Phi) is 1.08. The van der Waals surface area contributed by atoms with Gasteiger partial charge in [-0.15, -0.1) is 0 Å². The summed E-state index contributed by atoms with van der Waals surface area (Å²) in [5.41, 5.74) is 0.732. The third kappa shape index (κ3) is 0.700. The molecule has 2 fully saturated rings. The summed E-state index contributed by atoms with van der Waals surface area (Å²) in [6.45, 7) is 8.70. The Labute approximate surface area is 57.7 Å². The molecule has 1 N–H and O–H groups in total. The second-order valence-corrected chi connectivity index (χ2v) is 3.41. The summed E-state index contributed by atoms with van der Waals surface area (Å²) in [6, 6.07) is 0. The van der Waals surface area contributed by atoms with Crippen LogP contribution in [-0.4, -0.2) is 37.6 Å². The van der Waals surface area contributed by atoms with Crippen molar-refractivity contribution in [3.63, 3.8) is 0 Å². The van der Waals surface area contributed by atoms with Crippen LogP contribution in [0.3, 0.4) is 0 Å². The Bertz CT molecular complexity index is 115. The lowest BCUT2D eigenvalue weighted by atomic mass is 9.74. The third-order valence-electron chi connectivity index (χ3n) is 2.57. The molecule has 0 aliphatic carbocycles. The molecule has 2 saturated heterocycles. The molecule has 0 unspecified atom stereocenters. The van der Waals surface area contributed by atoms with E-state index in [0.717, 1.165) is 5.41 Å². The Morgan fingerprint density at radius 3 is 2.56 bits per heavy atom. The summed E-state index contributed by atoms with van der Waals surface area (Å²) in [6.07, 6.45) is 0. The molecule has 9 heavy (non-hydrogen) atoms. The van der Waals surface area contributed by atoms with Crippen LogP contribution in [0.4, 0.5) is 0 Å². The van der Waals surface area contributed by atoms with Crippen molar-refractivity contribution in [2.24, 2.45) is 5.41 Å². The molecule has 0 aromatic heterocycles. The minimum Gasteiger partial charge on any atom is -0.315 e. The minimum atomic E-state index is 0. The summed E-state index contributed by atoms with van der Waals surface area (Å²) in [5, 5.41) is 3.32. The molecule has 2 aliphatic rings. The number of nitrogens with zero attached hydrogens (tertiary/aromatic N) is 1. The van der Waals surface area contributed by atoms with Crippen molar-refractivity contribution < 1.29 is 1.43 Å². The number of hydrogen-bond acceptors (Lipinski definition) is 2. The van der Waals surface area contributed by atoms with Gasteiger partial charge in [-0.05, 0) is 6.54 Å². The highest BCUT2D eigenvalue weighted by Crippen LogP contribution is 2.33. The van der Waals surface area contributed by atoms with Gasteiger partial charge in [0.25, 0.3) is 0 Å². The van der Waals surface area contributed by atoms with E-state index in [2.05, 4.69) is 17.1 Å². The predicted octanol–water partition coefficient (Wildman–Crippen LogP) is 0.158. The van der Waals surface area contributed by atoms with Crippen LogP contribution in [0.1, 0.15) is 8.35 Å². The summed E-state index contributed by atoms with van der Waals surface area (Å²) >= 11 is 0. The fourth-order valence-electron chi connectivity index (χ4n) is 1.83. The Morgan fingerprint density at radius 1 is 1.56 bits per heavy atom. The molecule has 2 aliphatic heterocycles. The van der Waals surface area contributed by atoms with Gasteiger partial charge in [-0.25, -0.2) is 0 Å². The third-order valence-corrected chi connectivity index (χ3v) is 2.57. The fourth-order valence-corrected chi connectivity index (χ4v) is 1.83. The standard InChI is InChI=1S/C7H14N2.H2/c1-2-9-5-7(6-9)3-8-4-7;/h8H,2-6H2,1H3;1H. The van der Waals surface area contributed by atoms with Gasteiger partial charge in [0.05, 0.1) is 0 Å². The van der Waals surface area contributed by atoms with Gasteiger partial charge in [0.1, 0.15) is 0 Å². The lowest BCUT2D eigenvalue weighted by molar-refractivity contribution is -0.0357. The number of nitrogens with one attached hydrogen (secondary N) is 1. The monoisotopic (exact) mass is 128 g/mol. The lowest BCUT2D eigenvalue weighted by Crippen LogP contribution is -2.70. The summed E-state index contributed by atoms with van der Waals surface area (Å²) in [4.78, 5) is 2.50. The van der Waals surface area contributed by atoms with Gasteiger partial charge in [-0.2, -0.15) is 0 Å². The van der Waals surface area contributed by atoms with Crippen molar-refractivity contribution in [1.29, 1.82) is 0 Å². The molecule has 0 saturated carbocycles. The van der Waals surface area contributed by atoms with E-state index in [1.165, 1.54) is 32.7 Å². The Morgan fingerprint density at radius 2 is 2.22 bits per heavy atom. The van der Waals surface area contributed by atoms with Crippen LogP contribution in [0.25, 0.3) is 0 Å². The molecule has 0 aromatic carbocycles. The molecule has 2 heteroatoms. The zero-order valence-electron chi connectivity index (χ0n) is 5.98. The van der Waals surface area contributed by atoms with Gasteiger partial charge in [0.15, 0.2) is 0 Å². The SMILES string of the molecule is CCN1CC2(CNC2)C1.[HH]. The molecule has 1 spiro atoms. The van der Waals surface area contributed by atoms with Gasteiger partial charge in [-0.1, -0.05) is 6.92 Å². The van der Waals surface area contributed by atoms with Crippen LogP contribution in [-0.2, 0) is 0 Å². The van der Waals surface area contributed by atoms with Crippen molar-refractivity contribution in [1.82, 2.24) is 10.2 Å². The van der Waals surface area contributed by atoms with Gasteiger partial charge >= 0.3 is 0 Å². The highest BCUT2D eigenvalue weighted by Gasteiger charge is 2.46. The molecule has 2 rings (SSSR count). The van der Waals surface area contributed by atoms with Crippen LogP contribution in [0, 0.1) is 5.41 Å². The van der Waals surface area contributed by atoms with Crippen LogP contribution >= 0.6 is 0 Å². The molecule has 2 heterocycles. The number of hydrogen-bond donors (Lipinski definition) is 1. The molecular weight excluding hydrogens is 112 g/mol. The van der Waals surface area contributed by atoms with Gasteiger partial charge in [0.2, 0.25) is 0 Å². The first-order valence-electron chi connectivity index (χ1n) is 3.78. The molecule has 0 aromatic rings. The zero-order valence-corrected chi connectivity index (χ0v) is 5.98. The van der Waals surface area contributed by atoms with Crippen molar-refractivity contribution in [2.75, 3.05) is 32.7 Å². The molecule has 0 radical (unpaired) electrons. The topological polar surface area (TPSA) is 15.3 Å². The van der Waals surface area contributed by atoms with E-state index in [1.54, 1.807) is 0 Å². The maximum Gasteiger partial charge on any atom is 0.0207 e. The Hall–Kier alpha value is -0.0800. The van der Waals surface area contributed by atoms with Crippen LogP contribution in [0.5, 0.6) is 0 Å². The predicted molar refractivity (Wildman–Crippen MR) is 39.5 cm³/mol. The normalized spacial score (nSPS) is 31.7. The molecule has 0 amide bonds. The van der Waals surface area contributed by atoms with Crippen molar-refractivity contribution >= 4 is 0 Å². The second kappa shape index (κ2) is 1.70. The first kappa shape index (κ1) is 5.69. The first-order valence-corrected chi connectivity index (χ1v) is 3.78. The van der Waals surface area contributed by atoms with Crippen molar-refractivity contribution in [3.05, 3.63) is 0 Å². The molecule has 54 valence electrons. The van der Waals surface area contributed by atoms with E-state index < -0.39 is 0 Å². The molecule has 0 atom stereocenters. The number of rotatable bonds is 1. The van der Waals surface area contributed by atoms with Crippen molar-refractivity contribution in [2.45, 2.75) is 6.92 Å². The van der Waals surface area contributed by atoms with Crippen LogP contribution < -0.4 is 5.32 Å². The fraction of sp³-hybridized carbons (Fsp3) is 1.00. The average molecular weight is 128 g/mol. The summed E-state index contributed by atoms with van der Waals surface area (Å²) in [7, 11) is 0. The van der Waals surface area contributed by atoms with E-state index in [9.17, 15) is 0 Å². The molecular formula is C7H16N2. The second-order valence-electron chi connectivity index (χ2n) is 3.41. The van der Waals surface area contributed by atoms with Crippen molar-refractivity contribution in [3.8, 4) is 0 Å². The highest BCUT2D eigenvalue weighted by molar-refractivity contribution is 5.03. The highest BCUT2D eigenvalue weighted by atomic mass is 15.2. The summed E-state index contributed by atoms with van der Waals surface area (Å²) in [5.74, 6) is 0. The quantitative estimate of drug-likeness (QED) is 0.541. The van der Waals surface area contributed by atoms with E-state index >= 15 is 0 Å². The van der Waals surface area contributed by atoms with E-state index in [0.29, 0.717) is 0 Å². The van der Waals surface area contributed by atoms with Gasteiger partial charge < -0.3 is 10.2 Å². The van der Waals surface area contributed by atoms with E-state index in [1.807, 2.05) is 0 Å². The van der Waals surface area contributed by atoms with Gasteiger partial charge in [-0.3, -0.25) is 0 Å². The summed E-state index contributed by atoms with van der Waals surface area (Å²) < 4.78 is 0. The lowest BCUT2D eigenvalue weighted by Gasteiger charge is -2.56. The zero-order chi connectivity index (χ0) is 6.32. The Balaban J connectivity index is 0.000000500. The molecule has 0 bridgehead atoms. The molecule has 2 nitrogen and oxygen atoms in total. The van der Waals surface area contributed by atoms with E-state index in [4.69, 9.17) is 0 Å². The first-order chi connectivity index (χ1) is 4.35. The van der Waals surface area contributed by atoms with Gasteiger partial charge in [0, 0.05) is 33.0 Å². The average Bonchev–Trinajstić information content (AvgIpc) is 1.59. The van der Waals surface area contributed by atoms with E-state index in [-0.39, 0.29) is 1.43 Å². The number of likely N-dealkylation sites (tertiary alicyclic amines) is 1. The smallest absolute Gasteiger partial charge is 0.0207 e. The maximum absolute atomic E-state index is 3.32. The largest absolute Gasteiger partial charge is 0.315 e.